The van der Waals surface area contributed by atoms with Gasteiger partial charge in [0.05, 0.1) is 15.1 Å². The van der Waals surface area contributed by atoms with Crippen molar-refractivity contribution < 1.29 is 9.53 Å². The Balaban J connectivity index is 3.12. The molecule has 7 heteroatoms. The van der Waals surface area contributed by atoms with E-state index in [0.717, 1.165) is 0 Å². The Morgan fingerprint density at radius 2 is 1.37 bits per heavy atom. The van der Waals surface area contributed by atoms with Gasteiger partial charge in [0, 0.05) is 6.08 Å². The van der Waals surface area contributed by atoms with Crippen molar-refractivity contribution in [2.75, 3.05) is 0 Å². The average Bonchev–Trinajstić information content (AvgIpc) is 2.39. The van der Waals surface area contributed by atoms with E-state index in [0.29, 0.717) is 0 Å². The Hall–Kier alpha value is -0.380. The van der Waals surface area contributed by atoms with Crippen molar-refractivity contribution in [2.45, 2.75) is 6.92 Å². The first-order chi connectivity index (χ1) is 8.90. The molecule has 0 radical (unpaired) electrons. The number of hydrogen-bond donors (Lipinski definition) is 0. The van der Waals surface area contributed by atoms with Crippen LogP contribution in [-0.4, -0.2) is 5.97 Å². The average molecular weight is 360 g/mol. The normalized spacial score (nSPS) is 11.5. The van der Waals surface area contributed by atoms with E-state index in [1.807, 2.05) is 6.92 Å². The van der Waals surface area contributed by atoms with Gasteiger partial charge in [0.2, 0.25) is 0 Å². The van der Waals surface area contributed by atoms with Gasteiger partial charge in [-0.15, -0.1) is 0 Å². The van der Waals surface area contributed by atoms with Gasteiger partial charge in [-0.25, -0.2) is 4.79 Å². The summed E-state index contributed by atoms with van der Waals surface area (Å²) in [7, 11) is 0. The summed E-state index contributed by atoms with van der Waals surface area (Å²) in [5.41, 5.74) is 0. The van der Waals surface area contributed by atoms with Crippen molar-refractivity contribution >= 4 is 64.0 Å². The van der Waals surface area contributed by atoms with Crippen molar-refractivity contribution in [3.8, 4) is 5.75 Å². The summed E-state index contributed by atoms with van der Waals surface area (Å²) in [4.78, 5) is 11.5. The lowest BCUT2D eigenvalue weighted by molar-refractivity contribution is -0.128. The Morgan fingerprint density at radius 1 is 0.895 bits per heavy atom. The molecule has 0 amide bonds. The third kappa shape index (κ3) is 4.04. The third-order valence-electron chi connectivity index (χ3n) is 1.91. The highest BCUT2D eigenvalue weighted by molar-refractivity contribution is 6.55. The summed E-state index contributed by atoms with van der Waals surface area (Å²) in [5.74, 6) is -0.797. The van der Waals surface area contributed by atoms with E-state index in [2.05, 4.69) is 0 Å². The smallest absolute Gasteiger partial charge is 0.336 e. The highest BCUT2D eigenvalue weighted by Gasteiger charge is 2.21. The minimum absolute atomic E-state index is 0.00240. The standard InChI is InChI=1S/C12H7Cl5O2/c1-2-3-4-5-6(18)19-12-10(16)8(14)7(13)9(15)11(12)17/h2-5H,1H3/b3-2+,5-4+. The predicted octanol–water partition coefficient (Wildman–Crippen LogP) is 5.99. The molecule has 1 rings (SSSR count). The molecule has 0 spiro atoms. The number of carbonyl (C=O) groups excluding carboxylic acids is 1. The monoisotopic (exact) mass is 358 g/mol. The maximum absolute atomic E-state index is 11.5. The van der Waals surface area contributed by atoms with Gasteiger partial charge in [0.15, 0.2) is 5.75 Å². The fraction of sp³-hybridized carbons (Fsp3) is 0.0833. The van der Waals surface area contributed by atoms with Crippen LogP contribution in [0.15, 0.2) is 24.3 Å². The zero-order valence-electron chi connectivity index (χ0n) is 9.52. The second-order valence-corrected chi connectivity index (χ2v) is 5.09. The number of esters is 1. The van der Waals surface area contributed by atoms with Gasteiger partial charge in [-0.2, -0.15) is 0 Å². The zero-order valence-corrected chi connectivity index (χ0v) is 13.3. The fourth-order valence-corrected chi connectivity index (χ4v) is 2.25. The van der Waals surface area contributed by atoms with Crippen molar-refractivity contribution in [2.24, 2.45) is 0 Å². The first-order valence-corrected chi connectivity index (χ1v) is 6.81. The first kappa shape index (κ1) is 16.7. The lowest BCUT2D eigenvalue weighted by Crippen LogP contribution is -2.05. The molecular formula is C12H7Cl5O2. The number of ether oxygens (including phenoxy) is 1. The van der Waals surface area contributed by atoms with Gasteiger partial charge in [-0.1, -0.05) is 76.2 Å². The maximum Gasteiger partial charge on any atom is 0.336 e. The van der Waals surface area contributed by atoms with E-state index in [9.17, 15) is 4.79 Å². The second-order valence-electron chi connectivity index (χ2n) is 3.21. The van der Waals surface area contributed by atoms with Gasteiger partial charge in [0.1, 0.15) is 10.0 Å². The lowest BCUT2D eigenvalue weighted by atomic mass is 10.3. The summed E-state index contributed by atoms with van der Waals surface area (Å²) >= 11 is 29.3. The molecule has 0 unspecified atom stereocenters. The molecule has 0 N–H and O–H groups in total. The van der Waals surface area contributed by atoms with Crippen LogP contribution >= 0.6 is 58.0 Å². The van der Waals surface area contributed by atoms with Crippen LogP contribution in [0.1, 0.15) is 6.92 Å². The SMILES string of the molecule is C/C=C/C=C/C(=O)Oc1c(Cl)c(Cl)c(Cl)c(Cl)c1Cl. The third-order valence-corrected chi connectivity index (χ3v) is 4.15. The predicted molar refractivity (Wildman–Crippen MR) is 81.1 cm³/mol. The molecule has 2 nitrogen and oxygen atoms in total. The first-order valence-electron chi connectivity index (χ1n) is 4.92. The summed E-state index contributed by atoms with van der Waals surface area (Å²) in [5, 5.41) is -0.207. The molecule has 0 atom stereocenters. The van der Waals surface area contributed by atoms with Crippen LogP contribution in [0.2, 0.25) is 25.1 Å². The van der Waals surface area contributed by atoms with Gasteiger partial charge >= 0.3 is 5.97 Å². The van der Waals surface area contributed by atoms with E-state index >= 15 is 0 Å². The quantitative estimate of drug-likeness (QED) is 0.165. The van der Waals surface area contributed by atoms with Crippen molar-refractivity contribution in [1.82, 2.24) is 0 Å². The Labute approximate surface area is 135 Å². The lowest BCUT2D eigenvalue weighted by Gasteiger charge is -2.11. The molecule has 0 aliphatic heterocycles. The summed E-state index contributed by atoms with van der Waals surface area (Å²) in [6.45, 7) is 1.81. The molecular weight excluding hydrogens is 353 g/mol. The number of benzene rings is 1. The Morgan fingerprint density at radius 3 is 1.84 bits per heavy atom. The molecule has 1 aromatic carbocycles. The molecule has 0 aromatic heterocycles. The highest BCUT2D eigenvalue weighted by atomic mass is 35.5. The van der Waals surface area contributed by atoms with E-state index in [-0.39, 0.29) is 30.9 Å². The van der Waals surface area contributed by atoms with Gasteiger partial charge in [-0.3, -0.25) is 0 Å². The van der Waals surface area contributed by atoms with E-state index in [4.69, 9.17) is 62.7 Å². The summed E-state index contributed by atoms with van der Waals surface area (Å²) in [6.07, 6.45) is 6.11. The second kappa shape index (κ2) is 7.41. The molecule has 0 fully saturated rings. The fourth-order valence-electron chi connectivity index (χ4n) is 1.05. The van der Waals surface area contributed by atoms with Gasteiger partial charge in [0.25, 0.3) is 0 Å². The largest absolute Gasteiger partial charge is 0.420 e. The van der Waals surface area contributed by atoms with Crippen LogP contribution in [-0.2, 0) is 4.79 Å². The van der Waals surface area contributed by atoms with E-state index in [1.54, 1.807) is 12.2 Å². The Bertz CT molecular complexity index is 535. The molecule has 0 aliphatic rings. The number of rotatable bonds is 3. The van der Waals surface area contributed by atoms with Gasteiger partial charge in [-0.05, 0) is 6.92 Å². The van der Waals surface area contributed by atoms with Crippen molar-refractivity contribution in [1.29, 1.82) is 0 Å². The van der Waals surface area contributed by atoms with E-state index < -0.39 is 5.97 Å². The molecule has 19 heavy (non-hydrogen) atoms. The van der Waals surface area contributed by atoms with Crippen LogP contribution in [0.5, 0.6) is 5.75 Å². The number of allylic oxidation sites excluding steroid dienone is 3. The van der Waals surface area contributed by atoms with Gasteiger partial charge < -0.3 is 4.74 Å². The minimum Gasteiger partial charge on any atom is -0.420 e. The molecule has 0 aliphatic carbocycles. The molecule has 0 heterocycles. The topological polar surface area (TPSA) is 26.3 Å². The molecule has 0 saturated carbocycles. The number of carbonyl (C=O) groups is 1. The van der Waals surface area contributed by atoms with Crippen LogP contribution < -0.4 is 4.74 Å². The molecule has 0 bridgehead atoms. The molecule has 102 valence electrons. The molecule has 0 saturated heterocycles. The van der Waals surface area contributed by atoms with Crippen LogP contribution in [0.4, 0.5) is 0 Å². The number of hydrogen-bond acceptors (Lipinski definition) is 2. The van der Waals surface area contributed by atoms with Crippen LogP contribution in [0.3, 0.4) is 0 Å². The molecule has 1 aromatic rings. The van der Waals surface area contributed by atoms with Crippen molar-refractivity contribution in [3.63, 3.8) is 0 Å². The Kier molecular flexibility index (Phi) is 6.51. The number of halogens is 5. The minimum atomic E-state index is -0.670. The van der Waals surface area contributed by atoms with E-state index in [1.165, 1.54) is 12.2 Å². The maximum atomic E-state index is 11.5. The summed E-state index contributed by atoms with van der Waals surface area (Å²) in [6, 6.07) is 0. The zero-order chi connectivity index (χ0) is 14.6. The van der Waals surface area contributed by atoms with Crippen LogP contribution in [0, 0.1) is 0 Å². The highest BCUT2D eigenvalue weighted by Crippen LogP contribution is 2.48. The van der Waals surface area contributed by atoms with Crippen LogP contribution in [0.25, 0.3) is 0 Å². The van der Waals surface area contributed by atoms with Crippen molar-refractivity contribution in [3.05, 3.63) is 49.4 Å². The summed E-state index contributed by atoms with van der Waals surface area (Å²) < 4.78 is 4.99.